The van der Waals surface area contributed by atoms with E-state index < -0.39 is 5.75 Å². The van der Waals surface area contributed by atoms with Crippen LogP contribution in [0.25, 0.3) is 0 Å². The normalized spacial score (nSPS) is 8.40. The van der Waals surface area contributed by atoms with Crippen molar-refractivity contribution >= 4 is 0 Å². The van der Waals surface area contributed by atoms with E-state index in [2.05, 4.69) is 0 Å². The molecule has 10 heavy (non-hydrogen) atoms. The van der Waals surface area contributed by atoms with Gasteiger partial charge in [-0.05, 0) is 12.1 Å². The van der Waals surface area contributed by atoms with Crippen LogP contribution in [0.3, 0.4) is 0 Å². The molecule has 0 fully saturated rings. The van der Waals surface area contributed by atoms with Crippen LogP contribution < -0.4 is 0 Å². The summed E-state index contributed by atoms with van der Waals surface area (Å²) in [6.45, 7) is 0. The van der Waals surface area contributed by atoms with E-state index in [1.54, 1.807) is 0 Å². The summed E-state index contributed by atoms with van der Waals surface area (Å²) in [5.41, 5.74) is 0. The number of hydrogen-bond acceptors (Lipinski definition) is 3. The molecule has 1 aromatic rings. The second-order valence-electron chi connectivity index (χ2n) is 1.64. The standard InChI is InChI=1S/C6H6O3.Mo/c7-4-2-1-3-5(8)6(4)9;/h1-3,7-9H;. The molecule has 0 spiro atoms. The maximum Gasteiger partial charge on any atom is 0.200 e. The molecule has 54 valence electrons. The smallest absolute Gasteiger partial charge is 0.200 e. The minimum absolute atomic E-state index is 0. The van der Waals surface area contributed by atoms with Crippen LogP contribution in [0, 0.1) is 0 Å². The summed E-state index contributed by atoms with van der Waals surface area (Å²) < 4.78 is 0. The van der Waals surface area contributed by atoms with Crippen LogP contribution in [-0.2, 0) is 21.1 Å². The molecule has 3 N–H and O–H groups in total. The average molecular weight is 222 g/mol. The Labute approximate surface area is 72.2 Å². The number of benzene rings is 1. The van der Waals surface area contributed by atoms with Crippen LogP contribution in [-0.4, -0.2) is 15.3 Å². The Hall–Kier alpha value is -0.692. The third kappa shape index (κ3) is 1.64. The second-order valence-corrected chi connectivity index (χ2v) is 1.64. The molecule has 0 radical (unpaired) electrons. The van der Waals surface area contributed by atoms with Gasteiger partial charge in [0.1, 0.15) is 0 Å². The Morgan fingerprint density at radius 3 is 1.60 bits per heavy atom. The van der Waals surface area contributed by atoms with Gasteiger partial charge < -0.3 is 15.3 Å². The molecule has 0 atom stereocenters. The first-order valence-electron chi connectivity index (χ1n) is 2.41. The summed E-state index contributed by atoms with van der Waals surface area (Å²) in [4.78, 5) is 0. The minimum Gasteiger partial charge on any atom is -0.504 e. The zero-order valence-electron chi connectivity index (χ0n) is 4.98. The van der Waals surface area contributed by atoms with E-state index in [9.17, 15) is 0 Å². The number of aromatic hydroxyl groups is 3. The maximum absolute atomic E-state index is 8.71. The van der Waals surface area contributed by atoms with Crippen molar-refractivity contribution < 1.29 is 36.4 Å². The number of hydrogen-bond donors (Lipinski definition) is 3. The molecule has 0 saturated heterocycles. The predicted octanol–water partition coefficient (Wildman–Crippen LogP) is 0.801. The fraction of sp³-hybridized carbons (Fsp3) is 0. The van der Waals surface area contributed by atoms with Crippen LogP contribution in [0.15, 0.2) is 18.2 Å². The molecule has 0 aliphatic carbocycles. The van der Waals surface area contributed by atoms with Gasteiger partial charge in [-0.1, -0.05) is 6.07 Å². The Morgan fingerprint density at radius 2 is 1.30 bits per heavy atom. The van der Waals surface area contributed by atoms with Gasteiger partial charge in [-0.15, -0.1) is 0 Å². The molecule has 1 aromatic carbocycles. The molecule has 0 saturated carbocycles. The van der Waals surface area contributed by atoms with Gasteiger partial charge in [-0.2, -0.15) is 0 Å². The predicted molar refractivity (Wildman–Crippen MR) is 31.4 cm³/mol. The number of para-hydroxylation sites is 1. The molecule has 1 rings (SSSR count). The number of phenols is 3. The minimum atomic E-state index is -0.475. The second kappa shape index (κ2) is 3.47. The van der Waals surface area contributed by atoms with Gasteiger partial charge in [0.15, 0.2) is 17.2 Å². The first-order chi connectivity index (χ1) is 4.22. The van der Waals surface area contributed by atoms with Crippen molar-refractivity contribution in [1.82, 2.24) is 0 Å². The largest absolute Gasteiger partial charge is 0.504 e. The Balaban J connectivity index is 0.000000810. The van der Waals surface area contributed by atoms with Crippen molar-refractivity contribution in [3.63, 3.8) is 0 Å². The molecule has 0 bridgehead atoms. The molecule has 0 aliphatic heterocycles. The summed E-state index contributed by atoms with van der Waals surface area (Å²) >= 11 is 0. The van der Waals surface area contributed by atoms with Crippen molar-refractivity contribution in [2.24, 2.45) is 0 Å². The number of rotatable bonds is 0. The molecule has 0 heterocycles. The van der Waals surface area contributed by atoms with Crippen molar-refractivity contribution in [2.45, 2.75) is 0 Å². The van der Waals surface area contributed by atoms with Crippen LogP contribution >= 0.6 is 0 Å². The molecule has 0 unspecified atom stereocenters. The molecule has 0 aromatic heterocycles. The quantitative estimate of drug-likeness (QED) is 0.449. The topological polar surface area (TPSA) is 60.7 Å². The molecular formula is C6H6MoO3. The Morgan fingerprint density at radius 1 is 0.900 bits per heavy atom. The fourth-order valence-corrected chi connectivity index (χ4v) is 0.519. The van der Waals surface area contributed by atoms with E-state index in [-0.39, 0.29) is 32.6 Å². The number of phenolic OH excluding ortho intramolecular Hbond substituents is 3. The van der Waals surface area contributed by atoms with Crippen LogP contribution in [0.1, 0.15) is 0 Å². The summed E-state index contributed by atoms with van der Waals surface area (Å²) in [7, 11) is 0. The zero-order chi connectivity index (χ0) is 6.85. The third-order valence-corrected chi connectivity index (χ3v) is 0.993. The van der Waals surface area contributed by atoms with Crippen molar-refractivity contribution in [1.29, 1.82) is 0 Å². The van der Waals surface area contributed by atoms with Crippen molar-refractivity contribution in [3.05, 3.63) is 18.2 Å². The van der Waals surface area contributed by atoms with E-state index in [0.29, 0.717) is 0 Å². The van der Waals surface area contributed by atoms with E-state index in [0.717, 1.165) is 0 Å². The molecule has 3 nitrogen and oxygen atoms in total. The van der Waals surface area contributed by atoms with Gasteiger partial charge in [-0.3, -0.25) is 0 Å². The van der Waals surface area contributed by atoms with E-state index in [4.69, 9.17) is 15.3 Å². The Kier molecular flexibility index (Phi) is 3.23. The third-order valence-electron chi connectivity index (χ3n) is 0.993. The SMILES string of the molecule is Oc1cccc(O)c1O.[Mo]. The van der Waals surface area contributed by atoms with E-state index >= 15 is 0 Å². The van der Waals surface area contributed by atoms with Crippen LogP contribution in [0.4, 0.5) is 0 Å². The zero-order valence-corrected chi connectivity index (χ0v) is 6.99. The van der Waals surface area contributed by atoms with Gasteiger partial charge in [-0.25, -0.2) is 0 Å². The van der Waals surface area contributed by atoms with E-state index in [1.807, 2.05) is 0 Å². The summed E-state index contributed by atoms with van der Waals surface area (Å²) in [6.07, 6.45) is 0. The fourth-order valence-electron chi connectivity index (χ4n) is 0.519. The summed E-state index contributed by atoms with van der Waals surface area (Å²) in [5, 5.41) is 26.1. The average Bonchev–Trinajstić information content (AvgIpc) is 1.83. The molecule has 4 heteroatoms. The monoisotopic (exact) mass is 224 g/mol. The summed E-state index contributed by atoms with van der Waals surface area (Å²) in [5.74, 6) is -1.09. The van der Waals surface area contributed by atoms with Gasteiger partial charge >= 0.3 is 0 Å². The molecular weight excluding hydrogens is 216 g/mol. The van der Waals surface area contributed by atoms with Gasteiger partial charge in [0.25, 0.3) is 0 Å². The molecule has 0 amide bonds. The van der Waals surface area contributed by atoms with Crippen molar-refractivity contribution in [3.8, 4) is 17.2 Å². The van der Waals surface area contributed by atoms with Crippen LogP contribution in [0.5, 0.6) is 17.2 Å². The summed E-state index contributed by atoms with van der Waals surface area (Å²) in [6, 6.07) is 4.01. The first-order valence-corrected chi connectivity index (χ1v) is 2.41. The Bertz CT molecular complexity index is 204. The molecule has 0 aliphatic rings. The van der Waals surface area contributed by atoms with Gasteiger partial charge in [0, 0.05) is 21.1 Å². The maximum atomic E-state index is 8.71. The van der Waals surface area contributed by atoms with Gasteiger partial charge in [0.05, 0.1) is 0 Å². The first kappa shape index (κ1) is 9.31. The van der Waals surface area contributed by atoms with Gasteiger partial charge in [0.2, 0.25) is 0 Å². The van der Waals surface area contributed by atoms with Crippen molar-refractivity contribution in [2.75, 3.05) is 0 Å². The van der Waals surface area contributed by atoms with E-state index in [1.165, 1.54) is 18.2 Å². The van der Waals surface area contributed by atoms with Crippen LogP contribution in [0.2, 0.25) is 0 Å².